The van der Waals surface area contributed by atoms with Gasteiger partial charge in [-0.15, -0.1) is 0 Å². The summed E-state index contributed by atoms with van der Waals surface area (Å²) in [5.41, 5.74) is 2.13. The molecule has 4 aliphatic rings. The van der Waals surface area contributed by atoms with Gasteiger partial charge in [0.25, 0.3) is 0 Å². The monoisotopic (exact) mass is 656 g/mol. The number of hydrogen-bond donors (Lipinski definition) is 1. The zero-order valence-corrected chi connectivity index (χ0v) is 27.6. The molecule has 0 aliphatic carbocycles. The number of carbonyl (C=O) groups excluding carboxylic acids is 1. The number of ether oxygens (including phenoxy) is 2. The number of benzene rings is 1. The Hall–Kier alpha value is -3.78. The smallest absolute Gasteiger partial charge is 0.417 e. The molecule has 7 rings (SSSR count). The van der Waals surface area contributed by atoms with Crippen molar-refractivity contribution in [2.24, 2.45) is 13.0 Å². The molecule has 254 valence electrons. The van der Waals surface area contributed by atoms with E-state index < -0.39 is 23.4 Å². The molecule has 14 heteroatoms. The molecule has 0 bridgehead atoms. The summed E-state index contributed by atoms with van der Waals surface area (Å²) in [4.78, 5) is 18.8. The van der Waals surface area contributed by atoms with Gasteiger partial charge in [0.15, 0.2) is 5.82 Å². The molecule has 0 spiro atoms. The Labute approximate surface area is 272 Å². The van der Waals surface area contributed by atoms with Crippen molar-refractivity contribution < 1.29 is 27.4 Å². The Bertz CT molecular complexity index is 1660. The van der Waals surface area contributed by atoms with Crippen molar-refractivity contribution in [1.29, 1.82) is 0 Å². The molecule has 2 unspecified atom stereocenters. The molecule has 2 atom stereocenters. The summed E-state index contributed by atoms with van der Waals surface area (Å²) in [6.07, 6.45) is 0.419. The summed E-state index contributed by atoms with van der Waals surface area (Å²) in [6.45, 7) is 9.63. The van der Waals surface area contributed by atoms with E-state index in [9.17, 15) is 18.0 Å². The Morgan fingerprint density at radius 1 is 1.09 bits per heavy atom. The SMILES string of the molecule is CN1CCN(c2nn(C3CCNC(C4COC4)C3)c3c2CN(C(=O)OC(C)(C)C)CC3)c2cc(C(F)(F)F)c(-c3cnn(C)c3)cc21. The minimum absolute atomic E-state index is 0.0856. The third kappa shape index (κ3) is 6.05. The molecule has 47 heavy (non-hydrogen) atoms. The number of alkyl halides is 3. The number of carbonyl (C=O) groups is 1. The van der Waals surface area contributed by atoms with E-state index in [2.05, 4.69) is 15.1 Å². The maximum atomic E-state index is 14.7. The number of rotatable bonds is 4. The molecule has 2 aromatic heterocycles. The Balaban J connectivity index is 1.33. The molecule has 3 aromatic rings. The lowest BCUT2D eigenvalue weighted by molar-refractivity contribution is -0.137. The average Bonchev–Trinajstić information content (AvgIpc) is 3.58. The van der Waals surface area contributed by atoms with Crippen LogP contribution in [0.5, 0.6) is 0 Å². The lowest BCUT2D eigenvalue weighted by Gasteiger charge is -2.40. The van der Waals surface area contributed by atoms with Gasteiger partial charge in [0.1, 0.15) is 5.60 Å². The predicted molar refractivity (Wildman–Crippen MR) is 171 cm³/mol. The fourth-order valence-electron chi connectivity index (χ4n) is 7.27. The van der Waals surface area contributed by atoms with E-state index in [0.29, 0.717) is 60.8 Å². The normalized spacial score (nSPS) is 22.2. The van der Waals surface area contributed by atoms with Crippen LogP contribution in [0.25, 0.3) is 11.1 Å². The first kappa shape index (κ1) is 31.8. The van der Waals surface area contributed by atoms with Gasteiger partial charge in [0, 0.05) is 75.1 Å². The van der Waals surface area contributed by atoms with Crippen molar-refractivity contribution in [1.82, 2.24) is 29.8 Å². The molecule has 6 heterocycles. The Morgan fingerprint density at radius 2 is 1.87 bits per heavy atom. The van der Waals surface area contributed by atoms with Crippen LogP contribution in [-0.4, -0.2) is 88.6 Å². The molecular formula is C33H43F3N8O3. The number of hydrogen-bond acceptors (Lipinski definition) is 8. The second-order valence-corrected chi connectivity index (χ2v) is 14.2. The lowest BCUT2D eigenvalue weighted by Crippen LogP contribution is -2.50. The minimum atomic E-state index is -4.59. The van der Waals surface area contributed by atoms with Gasteiger partial charge in [-0.05, 0) is 57.9 Å². The van der Waals surface area contributed by atoms with Crippen LogP contribution in [-0.2, 0) is 35.7 Å². The van der Waals surface area contributed by atoms with Crippen LogP contribution < -0.4 is 15.1 Å². The summed E-state index contributed by atoms with van der Waals surface area (Å²) in [5, 5.41) is 13.0. The number of nitrogens with zero attached hydrogens (tertiary/aromatic N) is 7. The van der Waals surface area contributed by atoms with Crippen LogP contribution in [0.3, 0.4) is 0 Å². The van der Waals surface area contributed by atoms with Gasteiger partial charge in [-0.1, -0.05) is 0 Å². The quantitative estimate of drug-likeness (QED) is 0.414. The van der Waals surface area contributed by atoms with Crippen LogP contribution in [0.2, 0.25) is 0 Å². The maximum absolute atomic E-state index is 14.7. The first-order valence-electron chi connectivity index (χ1n) is 16.4. The molecule has 1 amide bonds. The van der Waals surface area contributed by atoms with E-state index in [1.807, 2.05) is 37.6 Å². The summed E-state index contributed by atoms with van der Waals surface area (Å²) >= 11 is 0. The van der Waals surface area contributed by atoms with Crippen molar-refractivity contribution in [2.75, 3.05) is 56.2 Å². The fourth-order valence-corrected chi connectivity index (χ4v) is 7.27. The average molecular weight is 657 g/mol. The third-order valence-electron chi connectivity index (χ3n) is 9.76. The second-order valence-electron chi connectivity index (χ2n) is 14.2. The summed E-state index contributed by atoms with van der Waals surface area (Å²) < 4.78 is 59.0. The number of aromatic nitrogens is 4. The summed E-state index contributed by atoms with van der Waals surface area (Å²) in [7, 11) is 3.59. The molecule has 0 radical (unpaired) electrons. The molecule has 4 aliphatic heterocycles. The highest BCUT2D eigenvalue weighted by molar-refractivity contribution is 5.86. The molecule has 2 fully saturated rings. The highest BCUT2D eigenvalue weighted by Gasteiger charge is 2.41. The first-order chi connectivity index (χ1) is 22.3. The van der Waals surface area contributed by atoms with Crippen LogP contribution in [0, 0.1) is 5.92 Å². The number of halogens is 3. The van der Waals surface area contributed by atoms with Crippen molar-refractivity contribution in [3.05, 3.63) is 41.3 Å². The van der Waals surface area contributed by atoms with Gasteiger partial charge >= 0.3 is 12.3 Å². The molecule has 1 aromatic carbocycles. The maximum Gasteiger partial charge on any atom is 0.417 e. The van der Waals surface area contributed by atoms with Crippen LogP contribution >= 0.6 is 0 Å². The van der Waals surface area contributed by atoms with Crippen LogP contribution in [0.4, 0.5) is 35.2 Å². The lowest BCUT2D eigenvalue weighted by atomic mass is 9.88. The number of likely N-dealkylation sites (N-methyl/N-ethyl adjacent to an activating group) is 1. The molecule has 0 saturated carbocycles. The minimum Gasteiger partial charge on any atom is -0.444 e. The van der Waals surface area contributed by atoms with E-state index in [1.54, 1.807) is 24.2 Å². The largest absolute Gasteiger partial charge is 0.444 e. The second kappa shape index (κ2) is 11.7. The highest BCUT2D eigenvalue weighted by atomic mass is 19.4. The topological polar surface area (TPSA) is 92.9 Å². The summed E-state index contributed by atoms with van der Waals surface area (Å²) in [6, 6.07) is 3.32. The zero-order valence-electron chi connectivity index (χ0n) is 27.6. The van der Waals surface area contributed by atoms with E-state index in [0.717, 1.165) is 43.9 Å². The standard InChI is InChI=1S/C33H43F3N8O3/c1-32(2,3)47-31(45)42-9-7-27-24(17-42)30(39-44(27)22-6-8-37-26(12-22)21-18-46-19-21)43-11-10-40(4)28-13-23(20-15-38-41(5)16-20)25(14-29(28)43)33(34,35)36/h13-16,21-22,26,37H,6-12,17-19H2,1-5H3. The predicted octanol–water partition coefficient (Wildman–Crippen LogP) is 5.12. The number of piperidine rings is 1. The number of fused-ring (bicyclic) bond motifs is 2. The number of amides is 1. The van der Waals surface area contributed by atoms with Gasteiger partial charge < -0.3 is 29.5 Å². The van der Waals surface area contributed by atoms with Gasteiger partial charge in [-0.2, -0.15) is 23.4 Å². The van der Waals surface area contributed by atoms with Crippen molar-refractivity contribution >= 4 is 23.3 Å². The van der Waals surface area contributed by atoms with E-state index in [1.165, 1.54) is 16.9 Å². The van der Waals surface area contributed by atoms with Gasteiger partial charge in [-0.25, -0.2) is 4.79 Å². The Morgan fingerprint density at radius 3 is 2.53 bits per heavy atom. The van der Waals surface area contributed by atoms with Crippen molar-refractivity contribution in [2.45, 2.75) is 70.4 Å². The van der Waals surface area contributed by atoms with Gasteiger partial charge in [-0.3, -0.25) is 9.36 Å². The molecule has 11 nitrogen and oxygen atoms in total. The van der Waals surface area contributed by atoms with Crippen molar-refractivity contribution in [3.8, 4) is 11.1 Å². The van der Waals surface area contributed by atoms with E-state index in [-0.39, 0.29) is 18.2 Å². The highest BCUT2D eigenvalue weighted by Crippen LogP contribution is 2.47. The Kier molecular flexibility index (Phi) is 7.93. The van der Waals surface area contributed by atoms with E-state index in [4.69, 9.17) is 14.6 Å². The van der Waals surface area contributed by atoms with Crippen LogP contribution in [0.15, 0.2) is 24.5 Å². The molecular weight excluding hydrogens is 613 g/mol. The van der Waals surface area contributed by atoms with Crippen LogP contribution in [0.1, 0.15) is 56.5 Å². The fraction of sp³-hybridized carbons (Fsp3) is 0.606. The molecule has 2 saturated heterocycles. The third-order valence-corrected chi connectivity index (χ3v) is 9.76. The number of nitrogens with one attached hydrogen (secondary N) is 1. The number of anilines is 3. The molecule has 1 N–H and O–H groups in total. The summed E-state index contributed by atoms with van der Waals surface area (Å²) in [5.74, 6) is 1.07. The zero-order chi connectivity index (χ0) is 33.2. The number of aryl methyl sites for hydroxylation is 1. The van der Waals surface area contributed by atoms with E-state index >= 15 is 0 Å². The van der Waals surface area contributed by atoms with Gasteiger partial charge in [0.2, 0.25) is 0 Å². The van der Waals surface area contributed by atoms with Crippen molar-refractivity contribution in [3.63, 3.8) is 0 Å². The van der Waals surface area contributed by atoms with Gasteiger partial charge in [0.05, 0.1) is 48.9 Å². The first-order valence-corrected chi connectivity index (χ1v) is 16.4.